The van der Waals surface area contributed by atoms with Gasteiger partial charge in [-0.15, -0.1) is 0 Å². The number of carbonyl (C=O) groups is 1. The molecule has 1 amide bonds. The summed E-state index contributed by atoms with van der Waals surface area (Å²) in [6, 6.07) is 0. The van der Waals surface area contributed by atoms with Crippen molar-refractivity contribution in [1.82, 2.24) is 10.4 Å². The van der Waals surface area contributed by atoms with E-state index in [1.54, 1.807) is 18.9 Å². The molecule has 2 N–H and O–H groups in total. The van der Waals surface area contributed by atoms with E-state index in [2.05, 4.69) is 5.43 Å². The second kappa shape index (κ2) is 9.01. The molecule has 0 spiro atoms. The maximum absolute atomic E-state index is 11.4. The maximum atomic E-state index is 11.4. The van der Waals surface area contributed by atoms with E-state index in [0.29, 0.717) is 19.5 Å². The van der Waals surface area contributed by atoms with Crippen LogP contribution < -0.4 is 5.43 Å². The number of hydrogen-bond acceptors (Lipinski definition) is 4. The smallest absolute Gasteiger partial charge is 0.422 e. The maximum Gasteiger partial charge on any atom is 0.422 e. The van der Waals surface area contributed by atoms with Crippen molar-refractivity contribution < 1.29 is 14.6 Å². The summed E-state index contributed by atoms with van der Waals surface area (Å²) in [7, 11) is 0. The fourth-order valence-corrected chi connectivity index (χ4v) is 1.15. The molecule has 1 atom stereocenters. The van der Waals surface area contributed by atoms with E-state index in [9.17, 15) is 9.90 Å². The molecule has 0 fully saturated rings. The Balaban J connectivity index is 4.21. The number of ether oxygens (including phenoxy) is 1. The molecule has 0 aromatic rings. The molecule has 5 nitrogen and oxygen atoms in total. The normalized spacial score (nSPS) is 13.4. The van der Waals surface area contributed by atoms with Crippen LogP contribution in [0.25, 0.3) is 0 Å². The van der Waals surface area contributed by atoms with Gasteiger partial charge >= 0.3 is 6.09 Å². The van der Waals surface area contributed by atoms with E-state index in [4.69, 9.17) is 4.74 Å². The van der Waals surface area contributed by atoms with Crippen molar-refractivity contribution >= 4 is 6.09 Å². The van der Waals surface area contributed by atoms with Gasteiger partial charge in [0.25, 0.3) is 0 Å². The number of aliphatic hydroxyl groups excluding tert-OH is 1. The second-order valence-electron chi connectivity index (χ2n) is 4.10. The fourth-order valence-electron chi connectivity index (χ4n) is 1.15. The summed E-state index contributed by atoms with van der Waals surface area (Å²) in [5.41, 5.74) is 2.61. The van der Waals surface area contributed by atoms with E-state index in [1.165, 1.54) is 0 Å². The van der Waals surface area contributed by atoms with Crippen LogP contribution in [0.15, 0.2) is 12.2 Å². The van der Waals surface area contributed by atoms with Gasteiger partial charge in [0.1, 0.15) is 0 Å². The Morgan fingerprint density at radius 3 is 2.65 bits per heavy atom. The summed E-state index contributed by atoms with van der Waals surface area (Å²) in [4.78, 5) is 11.4. The highest BCUT2D eigenvalue weighted by molar-refractivity contribution is 5.66. The van der Waals surface area contributed by atoms with Gasteiger partial charge in [-0.25, -0.2) is 9.80 Å². The van der Waals surface area contributed by atoms with Crippen molar-refractivity contribution in [2.45, 2.75) is 46.3 Å². The predicted molar refractivity (Wildman–Crippen MR) is 67.4 cm³/mol. The van der Waals surface area contributed by atoms with Gasteiger partial charge < -0.3 is 9.84 Å². The molecular weight excluding hydrogens is 220 g/mol. The Hall–Kier alpha value is -1.07. The Labute approximate surface area is 103 Å². The minimum Gasteiger partial charge on any atom is -0.446 e. The van der Waals surface area contributed by atoms with E-state index in [1.807, 2.05) is 26.0 Å². The molecule has 0 aliphatic rings. The first-order valence-electron chi connectivity index (χ1n) is 6.01. The first-order chi connectivity index (χ1) is 7.99. The van der Waals surface area contributed by atoms with Gasteiger partial charge in [0.15, 0.2) is 0 Å². The average Bonchev–Trinajstić information content (AvgIpc) is 2.24. The minimum atomic E-state index is -0.493. The number of amides is 1. The zero-order valence-corrected chi connectivity index (χ0v) is 11.1. The van der Waals surface area contributed by atoms with E-state index in [-0.39, 0.29) is 6.10 Å². The summed E-state index contributed by atoms with van der Waals surface area (Å²) in [6.45, 7) is 8.30. The number of nitrogens with one attached hydrogen (secondary N) is 1. The molecule has 0 saturated carbocycles. The van der Waals surface area contributed by atoms with Crippen LogP contribution in [0.1, 0.15) is 34.1 Å². The Bertz CT molecular complexity index is 242. The molecule has 0 rings (SSSR count). The van der Waals surface area contributed by atoms with Crippen molar-refractivity contribution in [3.8, 4) is 0 Å². The third-order valence-electron chi connectivity index (χ3n) is 2.06. The van der Waals surface area contributed by atoms with Crippen LogP contribution in [0, 0.1) is 0 Å². The third-order valence-corrected chi connectivity index (χ3v) is 2.06. The van der Waals surface area contributed by atoms with E-state index in [0.717, 1.165) is 0 Å². The highest BCUT2D eigenvalue weighted by Gasteiger charge is 2.13. The van der Waals surface area contributed by atoms with Gasteiger partial charge in [0, 0.05) is 13.1 Å². The highest BCUT2D eigenvalue weighted by Crippen LogP contribution is 1.96. The summed E-state index contributed by atoms with van der Waals surface area (Å²) >= 11 is 0. The van der Waals surface area contributed by atoms with Gasteiger partial charge in [-0.1, -0.05) is 19.1 Å². The van der Waals surface area contributed by atoms with Gasteiger partial charge in [-0.05, 0) is 27.2 Å². The Kier molecular flexibility index (Phi) is 8.44. The van der Waals surface area contributed by atoms with Crippen molar-refractivity contribution in [3.63, 3.8) is 0 Å². The van der Waals surface area contributed by atoms with Crippen LogP contribution in [0.2, 0.25) is 0 Å². The SMILES string of the molecule is C/C=C/CN(CC(O)CC)NC(=O)OC(C)C. The molecule has 0 aliphatic heterocycles. The van der Waals surface area contributed by atoms with Crippen molar-refractivity contribution in [2.24, 2.45) is 0 Å². The van der Waals surface area contributed by atoms with Crippen LogP contribution in [-0.2, 0) is 4.74 Å². The summed E-state index contributed by atoms with van der Waals surface area (Å²) in [5, 5.41) is 11.2. The topological polar surface area (TPSA) is 61.8 Å². The summed E-state index contributed by atoms with van der Waals surface area (Å²) in [5.74, 6) is 0. The predicted octanol–water partition coefficient (Wildman–Crippen LogP) is 1.68. The number of nitrogens with zero attached hydrogens (tertiary/aromatic N) is 1. The van der Waals surface area contributed by atoms with Gasteiger partial charge in [0.2, 0.25) is 0 Å². The molecule has 17 heavy (non-hydrogen) atoms. The molecule has 0 aromatic carbocycles. The van der Waals surface area contributed by atoms with E-state index >= 15 is 0 Å². The molecule has 1 unspecified atom stereocenters. The van der Waals surface area contributed by atoms with Crippen molar-refractivity contribution in [2.75, 3.05) is 13.1 Å². The number of rotatable bonds is 7. The van der Waals surface area contributed by atoms with Gasteiger partial charge in [-0.2, -0.15) is 0 Å². The second-order valence-corrected chi connectivity index (χ2v) is 4.10. The van der Waals surface area contributed by atoms with Crippen LogP contribution in [-0.4, -0.2) is 41.5 Å². The Morgan fingerprint density at radius 1 is 1.53 bits per heavy atom. The van der Waals surface area contributed by atoms with Crippen molar-refractivity contribution in [1.29, 1.82) is 0 Å². The standard InChI is InChI=1S/C12H24N2O3/c1-5-7-8-14(9-11(15)6-2)13-12(16)17-10(3)4/h5,7,10-11,15H,6,8-9H2,1-4H3,(H,13,16)/b7-5+. The quantitative estimate of drug-likeness (QED) is 0.528. The number of hydrogen-bond donors (Lipinski definition) is 2. The van der Waals surface area contributed by atoms with Gasteiger partial charge in [0.05, 0.1) is 12.2 Å². The lowest BCUT2D eigenvalue weighted by Gasteiger charge is -2.24. The zero-order valence-electron chi connectivity index (χ0n) is 11.1. The lowest BCUT2D eigenvalue weighted by Crippen LogP contribution is -2.46. The monoisotopic (exact) mass is 244 g/mol. The fraction of sp³-hybridized carbons (Fsp3) is 0.750. The first kappa shape index (κ1) is 15.9. The van der Waals surface area contributed by atoms with Crippen LogP contribution in [0.4, 0.5) is 4.79 Å². The number of carbonyl (C=O) groups excluding carboxylic acids is 1. The minimum absolute atomic E-state index is 0.158. The lowest BCUT2D eigenvalue weighted by molar-refractivity contribution is 0.0600. The summed E-state index contributed by atoms with van der Waals surface area (Å²) < 4.78 is 4.98. The van der Waals surface area contributed by atoms with Crippen LogP contribution >= 0.6 is 0 Å². The van der Waals surface area contributed by atoms with Gasteiger partial charge in [-0.3, -0.25) is 5.43 Å². The third kappa shape index (κ3) is 8.71. The zero-order chi connectivity index (χ0) is 13.3. The number of hydrazine groups is 1. The molecule has 100 valence electrons. The van der Waals surface area contributed by atoms with Crippen molar-refractivity contribution in [3.05, 3.63) is 12.2 Å². The first-order valence-corrected chi connectivity index (χ1v) is 6.01. The molecule has 0 aromatic heterocycles. The molecule has 0 aliphatic carbocycles. The summed E-state index contributed by atoms with van der Waals surface area (Å²) in [6.07, 6.45) is 3.33. The van der Waals surface area contributed by atoms with E-state index < -0.39 is 12.2 Å². The largest absolute Gasteiger partial charge is 0.446 e. The molecular formula is C12H24N2O3. The lowest BCUT2D eigenvalue weighted by atomic mass is 10.3. The molecule has 0 bridgehead atoms. The molecule has 0 saturated heterocycles. The Morgan fingerprint density at radius 2 is 2.18 bits per heavy atom. The van der Waals surface area contributed by atoms with Crippen LogP contribution in [0.3, 0.4) is 0 Å². The van der Waals surface area contributed by atoms with Crippen LogP contribution in [0.5, 0.6) is 0 Å². The molecule has 5 heteroatoms. The average molecular weight is 244 g/mol. The number of aliphatic hydroxyl groups is 1. The number of allylic oxidation sites excluding steroid dienone is 1. The highest BCUT2D eigenvalue weighted by atomic mass is 16.6. The molecule has 0 heterocycles. The molecule has 0 radical (unpaired) electrons.